The third-order valence-electron chi connectivity index (χ3n) is 1.84. The molecule has 1 aromatic carbocycles. The van der Waals surface area contributed by atoms with E-state index in [0.29, 0.717) is 6.42 Å². The maximum atomic E-state index is 10.8. The first-order chi connectivity index (χ1) is 7.72. The van der Waals surface area contributed by atoms with Crippen LogP contribution in [0.2, 0.25) is 0 Å². The van der Waals surface area contributed by atoms with E-state index < -0.39 is 6.16 Å². The Morgan fingerprint density at radius 3 is 2.62 bits per heavy atom. The average molecular weight is 221 g/mol. The van der Waals surface area contributed by atoms with Gasteiger partial charge < -0.3 is 4.74 Å². The zero-order valence-electron chi connectivity index (χ0n) is 9.47. The minimum absolute atomic E-state index is 0.284. The number of carbonyl (C=O) groups is 1. The number of carbonyl (C=O) groups excluding carboxylic acids is 1. The van der Waals surface area contributed by atoms with Gasteiger partial charge in [0.2, 0.25) is 0 Å². The number of ether oxygens (including phenoxy) is 1. The molecule has 0 spiro atoms. The molecule has 0 aromatic heterocycles. The molecular weight excluding hydrogens is 206 g/mol. The van der Waals surface area contributed by atoms with Gasteiger partial charge in [-0.1, -0.05) is 35.5 Å². The molecule has 0 aliphatic carbocycles. The largest absolute Gasteiger partial charge is 0.535 e. The second kappa shape index (κ2) is 6.61. The highest BCUT2D eigenvalue weighted by molar-refractivity contribution is 5.84. The van der Waals surface area contributed by atoms with Crippen molar-refractivity contribution in [2.75, 3.05) is 6.61 Å². The molecule has 0 saturated heterocycles. The van der Waals surface area contributed by atoms with Gasteiger partial charge in [-0.3, -0.25) is 4.84 Å². The van der Waals surface area contributed by atoms with Crippen LogP contribution in [0.25, 0.3) is 0 Å². The van der Waals surface area contributed by atoms with Gasteiger partial charge in [-0.15, -0.1) is 0 Å². The molecule has 4 nitrogen and oxygen atoms in total. The highest BCUT2D eigenvalue weighted by Crippen LogP contribution is 2.01. The Morgan fingerprint density at radius 2 is 2.00 bits per heavy atom. The van der Waals surface area contributed by atoms with E-state index >= 15 is 0 Å². The molecule has 0 heterocycles. The Kier molecular flexibility index (Phi) is 5.05. The van der Waals surface area contributed by atoms with E-state index in [1.165, 1.54) is 0 Å². The van der Waals surface area contributed by atoms with Gasteiger partial charge in [-0.25, -0.2) is 4.79 Å². The van der Waals surface area contributed by atoms with Crippen molar-refractivity contribution >= 4 is 11.9 Å². The van der Waals surface area contributed by atoms with Gasteiger partial charge in [0.05, 0.1) is 12.3 Å². The fourth-order valence-electron chi connectivity index (χ4n) is 1.18. The van der Waals surface area contributed by atoms with Crippen molar-refractivity contribution in [1.82, 2.24) is 0 Å². The molecule has 0 N–H and O–H groups in total. The fourth-order valence-corrected chi connectivity index (χ4v) is 1.18. The van der Waals surface area contributed by atoms with Crippen LogP contribution in [-0.4, -0.2) is 18.5 Å². The Labute approximate surface area is 94.9 Å². The standard InChI is InChI=1S/C12H15NO3/c1-3-15-12(14)16-13-10(2)9-11-7-5-4-6-8-11/h4-8H,3,9H2,1-2H3. The zero-order valence-corrected chi connectivity index (χ0v) is 9.47. The predicted octanol–water partition coefficient (Wildman–Crippen LogP) is 2.78. The SMILES string of the molecule is CCOC(=O)ON=C(C)Cc1ccccc1. The average Bonchev–Trinajstić information content (AvgIpc) is 2.28. The van der Waals surface area contributed by atoms with Gasteiger partial charge in [0.25, 0.3) is 0 Å². The van der Waals surface area contributed by atoms with Gasteiger partial charge in [0.1, 0.15) is 0 Å². The van der Waals surface area contributed by atoms with Crippen LogP contribution >= 0.6 is 0 Å². The van der Waals surface area contributed by atoms with E-state index in [4.69, 9.17) is 0 Å². The molecule has 4 heteroatoms. The summed E-state index contributed by atoms with van der Waals surface area (Å²) in [5.41, 5.74) is 1.84. The van der Waals surface area contributed by atoms with Gasteiger partial charge in [-0.05, 0) is 19.4 Å². The lowest BCUT2D eigenvalue weighted by molar-refractivity contribution is 0.0611. The Hall–Kier alpha value is -1.84. The number of oxime groups is 1. The van der Waals surface area contributed by atoms with E-state index in [0.717, 1.165) is 11.3 Å². The quantitative estimate of drug-likeness (QED) is 0.340. The van der Waals surface area contributed by atoms with Crippen LogP contribution in [0.15, 0.2) is 35.5 Å². The maximum Gasteiger partial charge on any atom is 0.535 e. The normalized spacial score (nSPS) is 11.0. The molecule has 0 radical (unpaired) electrons. The molecule has 0 unspecified atom stereocenters. The molecular formula is C12H15NO3. The van der Waals surface area contributed by atoms with Crippen molar-refractivity contribution in [3.63, 3.8) is 0 Å². The smallest absolute Gasteiger partial charge is 0.433 e. The third kappa shape index (κ3) is 4.59. The first-order valence-electron chi connectivity index (χ1n) is 5.13. The Balaban J connectivity index is 2.43. The van der Waals surface area contributed by atoms with Gasteiger partial charge in [-0.2, -0.15) is 0 Å². The lowest BCUT2D eigenvalue weighted by atomic mass is 10.1. The topological polar surface area (TPSA) is 47.9 Å². The second-order valence-corrected chi connectivity index (χ2v) is 3.26. The van der Waals surface area contributed by atoms with Crippen molar-refractivity contribution in [2.45, 2.75) is 20.3 Å². The van der Waals surface area contributed by atoms with Crippen LogP contribution in [0.1, 0.15) is 19.4 Å². The summed E-state index contributed by atoms with van der Waals surface area (Å²) in [6.45, 7) is 3.79. The van der Waals surface area contributed by atoms with Crippen molar-refractivity contribution in [1.29, 1.82) is 0 Å². The monoisotopic (exact) mass is 221 g/mol. The van der Waals surface area contributed by atoms with Crippen molar-refractivity contribution in [2.24, 2.45) is 5.16 Å². The summed E-state index contributed by atoms with van der Waals surface area (Å²) >= 11 is 0. The summed E-state index contributed by atoms with van der Waals surface area (Å²) in [5, 5.41) is 3.68. The second-order valence-electron chi connectivity index (χ2n) is 3.26. The molecule has 86 valence electrons. The summed E-state index contributed by atoms with van der Waals surface area (Å²) in [6.07, 6.45) is -0.116. The molecule has 0 fully saturated rings. The summed E-state index contributed by atoms with van der Waals surface area (Å²) < 4.78 is 4.57. The molecule has 0 atom stereocenters. The third-order valence-corrected chi connectivity index (χ3v) is 1.84. The highest BCUT2D eigenvalue weighted by Gasteiger charge is 2.02. The molecule has 0 aliphatic heterocycles. The zero-order chi connectivity index (χ0) is 11.8. The van der Waals surface area contributed by atoms with E-state index in [1.54, 1.807) is 13.8 Å². The molecule has 16 heavy (non-hydrogen) atoms. The molecule has 0 bridgehead atoms. The summed E-state index contributed by atoms with van der Waals surface area (Å²) in [5.74, 6) is 0. The van der Waals surface area contributed by atoms with Gasteiger partial charge in [0.15, 0.2) is 0 Å². The number of hydrogen-bond donors (Lipinski definition) is 0. The minimum Gasteiger partial charge on any atom is -0.433 e. The number of nitrogens with zero attached hydrogens (tertiary/aromatic N) is 1. The predicted molar refractivity (Wildman–Crippen MR) is 61.4 cm³/mol. The van der Waals surface area contributed by atoms with Crippen molar-refractivity contribution in [3.05, 3.63) is 35.9 Å². The lowest BCUT2D eigenvalue weighted by Gasteiger charge is -2.01. The van der Waals surface area contributed by atoms with E-state index in [-0.39, 0.29) is 6.61 Å². The highest BCUT2D eigenvalue weighted by atomic mass is 16.8. The van der Waals surface area contributed by atoms with Crippen LogP contribution in [0.3, 0.4) is 0 Å². The Morgan fingerprint density at radius 1 is 1.31 bits per heavy atom. The number of benzene rings is 1. The van der Waals surface area contributed by atoms with Crippen molar-refractivity contribution < 1.29 is 14.4 Å². The minimum atomic E-state index is -0.769. The van der Waals surface area contributed by atoms with Crippen LogP contribution in [0, 0.1) is 0 Å². The lowest BCUT2D eigenvalue weighted by Crippen LogP contribution is -2.06. The van der Waals surface area contributed by atoms with Crippen molar-refractivity contribution in [3.8, 4) is 0 Å². The van der Waals surface area contributed by atoms with Crippen LogP contribution in [-0.2, 0) is 16.0 Å². The Bertz CT molecular complexity index is 360. The summed E-state index contributed by atoms with van der Waals surface area (Å²) in [7, 11) is 0. The van der Waals surface area contributed by atoms with E-state index in [1.807, 2.05) is 30.3 Å². The molecule has 0 saturated carbocycles. The molecule has 1 rings (SSSR count). The number of hydrogen-bond acceptors (Lipinski definition) is 4. The fraction of sp³-hybridized carbons (Fsp3) is 0.333. The number of rotatable bonds is 4. The first-order valence-corrected chi connectivity index (χ1v) is 5.13. The van der Waals surface area contributed by atoms with Gasteiger partial charge in [0, 0.05) is 6.42 Å². The van der Waals surface area contributed by atoms with Crippen LogP contribution < -0.4 is 0 Å². The van der Waals surface area contributed by atoms with Gasteiger partial charge >= 0.3 is 6.16 Å². The van der Waals surface area contributed by atoms with E-state index in [9.17, 15) is 4.79 Å². The molecule has 1 aromatic rings. The van der Waals surface area contributed by atoms with Crippen LogP contribution in [0.4, 0.5) is 4.79 Å². The van der Waals surface area contributed by atoms with E-state index in [2.05, 4.69) is 14.7 Å². The van der Waals surface area contributed by atoms with Crippen LogP contribution in [0.5, 0.6) is 0 Å². The molecule has 0 amide bonds. The first kappa shape index (κ1) is 12.2. The molecule has 0 aliphatic rings. The summed E-state index contributed by atoms with van der Waals surface area (Å²) in [6, 6.07) is 9.83. The maximum absolute atomic E-state index is 10.8. The summed E-state index contributed by atoms with van der Waals surface area (Å²) in [4.78, 5) is 15.4.